The van der Waals surface area contributed by atoms with E-state index in [4.69, 9.17) is 0 Å². The number of carbonyl (C=O) groups is 2. The first-order valence-electron chi connectivity index (χ1n) is 15.1. The van der Waals surface area contributed by atoms with Crippen LogP contribution in [-0.2, 0) is 17.4 Å². The van der Waals surface area contributed by atoms with E-state index < -0.39 is 11.7 Å². The highest BCUT2D eigenvalue weighted by molar-refractivity contribution is 5.94. The van der Waals surface area contributed by atoms with E-state index in [-0.39, 0.29) is 47.8 Å². The van der Waals surface area contributed by atoms with Crippen molar-refractivity contribution >= 4 is 29.3 Å². The Bertz CT molecular complexity index is 1470. The lowest BCUT2D eigenvalue weighted by atomic mass is 9.89. The van der Waals surface area contributed by atoms with Crippen LogP contribution in [0.25, 0.3) is 0 Å². The Hall–Kier alpha value is -4.22. The standard InChI is InChI=1S/C32H38F3N7O2/c1-20(2)37-29(43)25-8-5-7-23(25)18-27-26(32(33,34)35)19-36-31(40-27)39-24-12-10-22(11-13-24)30(44)42-16-14-41(15-17-42)28-9-4-6-21(3)38-28/h4,6,9-13,19-20,23,25H,5,7-8,14-18H2,1-3H3,(H,37,43)(H,36,39,40)/t23-,25-/m0/s1. The van der Waals surface area contributed by atoms with Crippen LogP contribution in [0.5, 0.6) is 0 Å². The molecular weight excluding hydrogens is 571 g/mol. The summed E-state index contributed by atoms with van der Waals surface area (Å²) in [5, 5.41) is 5.87. The maximum atomic E-state index is 13.9. The largest absolute Gasteiger partial charge is 0.419 e. The number of rotatable bonds is 8. The Balaban J connectivity index is 1.24. The van der Waals surface area contributed by atoms with Crippen molar-refractivity contribution in [1.82, 2.24) is 25.2 Å². The van der Waals surface area contributed by atoms with Crippen LogP contribution in [-0.4, -0.2) is 63.9 Å². The number of aryl methyl sites for hydroxylation is 1. The number of amides is 2. The molecule has 2 atom stereocenters. The van der Waals surface area contributed by atoms with Crippen molar-refractivity contribution in [2.75, 3.05) is 36.4 Å². The Morgan fingerprint density at radius 3 is 2.39 bits per heavy atom. The smallest absolute Gasteiger partial charge is 0.354 e. The monoisotopic (exact) mass is 609 g/mol. The lowest BCUT2D eigenvalue weighted by Gasteiger charge is -2.35. The summed E-state index contributed by atoms with van der Waals surface area (Å²) in [5.74, 6) is 0.127. The van der Waals surface area contributed by atoms with Crippen LogP contribution < -0.4 is 15.5 Å². The Labute approximate surface area is 255 Å². The van der Waals surface area contributed by atoms with Gasteiger partial charge in [-0.15, -0.1) is 0 Å². The fourth-order valence-electron chi connectivity index (χ4n) is 5.99. The van der Waals surface area contributed by atoms with E-state index in [1.54, 1.807) is 29.2 Å². The van der Waals surface area contributed by atoms with Gasteiger partial charge in [0.05, 0.1) is 11.3 Å². The van der Waals surface area contributed by atoms with Gasteiger partial charge in [-0.1, -0.05) is 12.5 Å². The van der Waals surface area contributed by atoms with Crippen molar-refractivity contribution in [1.29, 1.82) is 0 Å². The number of hydrogen-bond donors (Lipinski definition) is 2. The van der Waals surface area contributed by atoms with Crippen molar-refractivity contribution in [3.63, 3.8) is 0 Å². The van der Waals surface area contributed by atoms with Crippen molar-refractivity contribution in [3.05, 3.63) is 71.2 Å². The van der Waals surface area contributed by atoms with Crippen LogP contribution in [0.3, 0.4) is 0 Å². The van der Waals surface area contributed by atoms with Gasteiger partial charge in [0.25, 0.3) is 5.91 Å². The number of piperazine rings is 1. The predicted octanol–water partition coefficient (Wildman–Crippen LogP) is 5.39. The zero-order valence-electron chi connectivity index (χ0n) is 25.2. The van der Waals surface area contributed by atoms with Crippen molar-refractivity contribution < 1.29 is 22.8 Å². The third-order valence-electron chi connectivity index (χ3n) is 8.21. The van der Waals surface area contributed by atoms with Gasteiger partial charge in [-0.3, -0.25) is 9.59 Å². The number of pyridine rings is 1. The fraction of sp³-hybridized carbons (Fsp3) is 0.469. The summed E-state index contributed by atoms with van der Waals surface area (Å²) in [7, 11) is 0. The minimum absolute atomic E-state index is 0.0223. The molecule has 2 fully saturated rings. The van der Waals surface area contributed by atoms with Crippen LogP contribution in [0, 0.1) is 18.8 Å². The lowest BCUT2D eigenvalue weighted by Crippen LogP contribution is -2.49. The number of benzene rings is 1. The van der Waals surface area contributed by atoms with Gasteiger partial charge in [0.15, 0.2) is 0 Å². The van der Waals surface area contributed by atoms with E-state index in [0.29, 0.717) is 50.3 Å². The third-order valence-corrected chi connectivity index (χ3v) is 8.21. The molecule has 9 nitrogen and oxygen atoms in total. The quantitative estimate of drug-likeness (QED) is 0.353. The Morgan fingerprint density at radius 1 is 1.00 bits per heavy atom. The molecule has 0 spiro atoms. The summed E-state index contributed by atoms with van der Waals surface area (Å²) < 4.78 is 41.7. The van der Waals surface area contributed by atoms with Crippen LogP contribution in [0.1, 0.15) is 60.4 Å². The molecule has 1 aliphatic carbocycles. The highest BCUT2D eigenvalue weighted by atomic mass is 19.4. The number of anilines is 3. The maximum Gasteiger partial charge on any atom is 0.419 e. The zero-order valence-corrected chi connectivity index (χ0v) is 25.2. The van der Waals surface area contributed by atoms with Crippen molar-refractivity contribution in [2.45, 2.75) is 58.7 Å². The van der Waals surface area contributed by atoms with Gasteiger partial charge in [0.2, 0.25) is 11.9 Å². The van der Waals surface area contributed by atoms with E-state index >= 15 is 0 Å². The number of hydrogen-bond acceptors (Lipinski definition) is 7. The van der Waals surface area contributed by atoms with E-state index in [9.17, 15) is 22.8 Å². The van der Waals surface area contributed by atoms with Gasteiger partial charge in [-0.25, -0.2) is 15.0 Å². The minimum atomic E-state index is -4.62. The van der Waals surface area contributed by atoms with E-state index in [1.807, 2.05) is 39.0 Å². The molecule has 12 heteroatoms. The first-order valence-corrected chi connectivity index (χ1v) is 15.1. The molecule has 5 rings (SSSR count). The molecule has 0 unspecified atom stereocenters. The number of aromatic nitrogens is 3. The molecule has 0 bridgehead atoms. The van der Waals surface area contributed by atoms with Crippen LogP contribution in [0.2, 0.25) is 0 Å². The van der Waals surface area contributed by atoms with Crippen molar-refractivity contribution in [3.8, 4) is 0 Å². The highest BCUT2D eigenvalue weighted by Gasteiger charge is 2.39. The average molecular weight is 610 g/mol. The van der Waals surface area contributed by atoms with E-state index in [1.165, 1.54) is 0 Å². The lowest BCUT2D eigenvalue weighted by molar-refractivity contribution is -0.138. The second kappa shape index (κ2) is 13.2. The van der Waals surface area contributed by atoms with Gasteiger partial charge in [0.1, 0.15) is 5.82 Å². The Kier molecular flexibility index (Phi) is 9.36. The highest BCUT2D eigenvalue weighted by Crippen LogP contribution is 2.38. The molecule has 3 aromatic rings. The SMILES string of the molecule is Cc1cccc(N2CCN(C(=O)c3ccc(Nc4ncc(C(F)(F)F)c(C[C@@H]5CCC[C@@H]5C(=O)NC(C)C)n4)cc3)CC2)n1. The number of carbonyl (C=O) groups excluding carboxylic acids is 2. The molecule has 1 saturated carbocycles. The molecule has 234 valence electrons. The molecule has 1 saturated heterocycles. The number of alkyl halides is 3. The summed E-state index contributed by atoms with van der Waals surface area (Å²) >= 11 is 0. The topological polar surface area (TPSA) is 103 Å². The van der Waals surface area contributed by atoms with Gasteiger partial charge >= 0.3 is 6.18 Å². The number of nitrogens with zero attached hydrogens (tertiary/aromatic N) is 5. The molecule has 1 aliphatic heterocycles. The number of halogens is 3. The van der Waals surface area contributed by atoms with Crippen molar-refractivity contribution in [2.24, 2.45) is 11.8 Å². The molecule has 2 N–H and O–H groups in total. The molecule has 3 heterocycles. The zero-order chi connectivity index (χ0) is 31.4. The molecule has 44 heavy (non-hydrogen) atoms. The summed E-state index contributed by atoms with van der Waals surface area (Å²) in [6.45, 7) is 8.17. The van der Waals surface area contributed by atoms with Crippen LogP contribution in [0.4, 0.5) is 30.6 Å². The Morgan fingerprint density at radius 2 is 1.73 bits per heavy atom. The molecule has 2 aromatic heterocycles. The second-order valence-corrected chi connectivity index (χ2v) is 11.8. The normalized spacial score (nSPS) is 18.9. The maximum absolute atomic E-state index is 13.9. The number of nitrogens with one attached hydrogen (secondary N) is 2. The molecule has 2 aliphatic rings. The third kappa shape index (κ3) is 7.46. The van der Waals surface area contributed by atoms with E-state index in [0.717, 1.165) is 24.1 Å². The molecular formula is C32H38F3N7O2. The van der Waals surface area contributed by atoms with Gasteiger partial charge in [0, 0.05) is 61.3 Å². The fourth-order valence-corrected chi connectivity index (χ4v) is 5.99. The molecule has 0 radical (unpaired) electrons. The molecule has 2 amide bonds. The summed E-state index contributed by atoms with van der Waals surface area (Å²) in [4.78, 5) is 42.6. The predicted molar refractivity (Wildman–Crippen MR) is 162 cm³/mol. The minimum Gasteiger partial charge on any atom is -0.354 e. The van der Waals surface area contributed by atoms with E-state index in [2.05, 4.69) is 30.5 Å². The van der Waals surface area contributed by atoms with Gasteiger partial charge < -0.3 is 20.4 Å². The van der Waals surface area contributed by atoms with Gasteiger partial charge in [-0.2, -0.15) is 13.2 Å². The second-order valence-electron chi connectivity index (χ2n) is 11.8. The summed E-state index contributed by atoms with van der Waals surface area (Å²) in [6, 6.07) is 12.6. The average Bonchev–Trinajstić information content (AvgIpc) is 3.45. The first-order chi connectivity index (χ1) is 21.0. The van der Waals surface area contributed by atoms with Crippen LogP contribution in [0.15, 0.2) is 48.7 Å². The summed E-state index contributed by atoms with van der Waals surface area (Å²) in [5.41, 5.74) is 0.978. The molecule has 1 aromatic carbocycles. The first kappa shape index (κ1) is 31.2. The summed E-state index contributed by atoms with van der Waals surface area (Å²) in [6.07, 6.45) is -1.70. The van der Waals surface area contributed by atoms with Gasteiger partial charge in [-0.05, 0) is 82.3 Å². The van der Waals surface area contributed by atoms with Crippen LogP contribution >= 0.6 is 0 Å².